The van der Waals surface area contributed by atoms with Crippen molar-refractivity contribution in [3.63, 3.8) is 0 Å². The predicted molar refractivity (Wildman–Crippen MR) is 78.1 cm³/mol. The average molecular weight is 263 g/mol. The normalized spacial score (nSPS) is 14.2. The van der Waals surface area contributed by atoms with E-state index in [-0.39, 0.29) is 24.5 Å². The largest absolute Gasteiger partial charge is 0.394 e. The van der Waals surface area contributed by atoms with Gasteiger partial charge in [0.15, 0.2) is 0 Å². The summed E-state index contributed by atoms with van der Waals surface area (Å²) in [4.78, 5) is 12.0. The van der Waals surface area contributed by atoms with Crippen LogP contribution in [0.2, 0.25) is 0 Å². The third kappa shape index (κ3) is 5.03. The van der Waals surface area contributed by atoms with Crippen LogP contribution in [0.25, 0.3) is 0 Å². The minimum Gasteiger partial charge on any atom is -0.394 e. The summed E-state index contributed by atoms with van der Waals surface area (Å²) in [5.74, 6) is 0.400. The predicted octanol–water partition coefficient (Wildman–Crippen LogP) is 2.49. The first-order valence-corrected chi connectivity index (χ1v) is 6.94. The van der Waals surface area contributed by atoms with E-state index in [4.69, 9.17) is 5.11 Å². The zero-order valence-electron chi connectivity index (χ0n) is 12.3. The smallest absolute Gasteiger partial charge is 0.227 e. The Balaban J connectivity index is 2.66. The Morgan fingerprint density at radius 2 is 1.74 bits per heavy atom. The zero-order valence-corrected chi connectivity index (χ0v) is 12.3. The van der Waals surface area contributed by atoms with Crippen molar-refractivity contribution in [1.82, 2.24) is 5.32 Å². The maximum Gasteiger partial charge on any atom is 0.227 e. The molecular formula is C16H25NO2. The molecule has 1 aromatic carbocycles. The first-order chi connectivity index (χ1) is 8.93. The van der Waals surface area contributed by atoms with Crippen LogP contribution in [0, 0.1) is 5.92 Å². The van der Waals surface area contributed by atoms with Gasteiger partial charge in [0.2, 0.25) is 5.91 Å². The molecule has 1 aromatic rings. The number of hydrogen-bond donors (Lipinski definition) is 2. The molecule has 106 valence electrons. The first kappa shape index (κ1) is 15.7. The molecule has 0 saturated carbocycles. The van der Waals surface area contributed by atoms with Crippen LogP contribution in [0.3, 0.4) is 0 Å². The van der Waals surface area contributed by atoms with Crippen LogP contribution >= 0.6 is 0 Å². The molecule has 0 aliphatic rings. The zero-order chi connectivity index (χ0) is 14.4. The Labute approximate surface area is 116 Å². The molecule has 2 atom stereocenters. The standard InChI is InChI=1S/C16H25NO2/c1-11(2)9-14-5-7-15(8-6-14)13(4)16(19)17-12(3)10-18/h5-8,11-13,18H,9-10H2,1-4H3,(H,17,19)/t12-,13+/m0/s1. The molecule has 0 spiro atoms. The van der Waals surface area contributed by atoms with E-state index in [1.807, 2.05) is 19.1 Å². The molecule has 0 fully saturated rings. The lowest BCUT2D eigenvalue weighted by atomic mass is 9.96. The molecule has 0 aliphatic carbocycles. The van der Waals surface area contributed by atoms with E-state index in [0.29, 0.717) is 5.92 Å². The van der Waals surface area contributed by atoms with Gasteiger partial charge in [0.1, 0.15) is 0 Å². The average Bonchev–Trinajstić information content (AvgIpc) is 2.37. The molecule has 1 rings (SSSR count). The van der Waals surface area contributed by atoms with Gasteiger partial charge in [0, 0.05) is 6.04 Å². The fraction of sp³-hybridized carbons (Fsp3) is 0.562. The second-order valence-corrected chi connectivity index (χ2v) is 5.65. The summed E-state index contributed by atoms with van der Waals surface area (Å²) in [6.07, 6.45) is 1.06. The van der Waals surface area contributed by atoms with Crippen molar-refractivity contribution in [3.05, 3.63) is 35.4 Å². The minimum absolute atomic E-state index is 0.0359. The topological polar surface area (TPSA) is 49.3 Å². The van der Waals surface area contributed by atoms with Gasteiger partial charge < -0.3 is 10.4 Å². The fourth-order valence-electron chi connectivity index (χ4n) is 1.98. The molecule has 0 heterocycles. The SMILES string of the molecule is CC(C)Cc1ccc([C@@H](C)C(=O)N[C@@H](C)CO)cc1. The van der Waals surface area contributed by atoms with Crippen LogP contribution in [-0.2, 0) is 11.2 Å². The van der Waals surface area contributed by atoms with Crippen molar-refractivity contribution in [2.24, 2.45) is 5.92 Å². The first-order valence-electron chi connectivity index (χ1n) is 6.94. The number of aliphatic hydroxyl groups excluding tert-OH is 1. The molecule has 3 nitrogen and oxygen atoms in total. The molecule has 0 saturated heterocycles. The van der Waals surface area contributed by atoms with E-state index in [2.05, 4.69) is 31.3 Å². The highest BCUT2D eigenvalue weighted by Gasteiger charge is 2.16. The van der Waals surface area contributed by atoms with Crippen molar-refractivity contribution in [2.45, 2.75) is 46.1 Å². The summed E-state index contributed by atoms with van der Waals surface area (Å²) in [5, 5.41) is 11.7. The van der Waals surface area contributed by atoms with Crippen LogP contribution in [0.1, 0.15) is 44.7 Å². The number of nitrogens with one attached hydrogen (secondary N) is 1. The van der Waals surface area contributed by atoms with E-state index in [1.165, 1.54) is 5.56 Å². The molecule has 0 aliphatic heterocycles. The molecule has 0 bridgehead atoms. The van der Waals surface area contributed by atoms with Gasteiger partial charge in [-0.2, -0.15) is 0 Å². The number of aliphatic hydroxyl groups is 1. The quantitative estimate of drug-likeness (QED) is 0.828. The van der Waals surface area contributed by atoms with E-state index in [9.17, 15) is 4.79 Å². The van der Waals surface area contributed by atoms with Gasteiger partial charge in [-0.1, -0.05) is 38.1 Å². The lowest BCUT2D eigenvalue weighted by molar-refractivity contribution is -0.123. The van der Waals surface area contributed by atoms with Crippen molar-refractivity contribution in [1.29, 1.82) is 0 Å². The van der Waals surface area contributed by atoms with Gasteiger partial charge in [-0.3, -0.25) is 4.79 Å². The summed E-state index contributed by atoms with van der Waals surface area (Å²) in [6, 6.07) is 8.02. The van der Waals surface area contributed by atoms with Gasteiger partial charge in [-0.05, 0) is 37.3 Å². The number of carbonyl (C=O) groups excluding carboxylic acids is 1. The van der Waals surface area contributed by atoms with Crippen molar-refractivity contribution in [2.75, 3.05) is 6.61 Å². The third-order valence-electron chi connectivity index (χ3n) is 3.18. The highest BCUT2D eigenvalue weighted by molar-refractivity contribution is 5.83. The number of hydrogen-bond acceptors (Lipinski definition) is 2. The van der Waals surface area contributed by atoms with Crippen LogP contribution in [0.15, 0.2) is 24.3 Å². The van der Waals surface area contributed by atoms with Crippen molar-refractivity contribution < 1.29 is 9.90 Å². The van der Waals surface area contributed by atoms with Crippen LogP contribution < -0.4 is 5.32 Å². The maximum absolute atomic E-state index is 12.0. The van der Waals surface area contributed by atoms with Crippen LogP contribution in [0.5, 0.6) is 0 Å². The van der Waals surface area contributed by atoms with Gasteiger partial charge in [0.25, 0.3) is 0 Å². The lowest BCUT2D eigenvalue weighted by Gasteiger charge is -2.16. The Kier molecular flexibility index (Phi) is 6.03. The molecule has 1 amide bonds. The molecule has 19 heavy (non-hydrogen) atoms. The summed E-state index contributed by atoms with van der Waals surface area (Å²) in [5.41, 5.74) is 2.31. The Morgan fingerprint density at radius 1 is 1.16 bits per heavy atom. The highest BCUT2D eigenvalue weighted by Crippen LogP contribution is 2.17. The Bertz CT molecular complexity index is 398. The molecule has 0 unspecified atom stereocenters. The number of benzene rings is 1. The molecule has 0 radical (unpaired) electrons. The van der Waals surface area contributed by atoms with Gasteiger partial charge in [-0.25, -0.2) is 0 Å². The van der Waals surface area contributed by atoms with E-state index >= 15 is 0 Å². The fourth-order valence-corrected chi connectivity index (χ4v) is 1.98. The van der Waals surface area contributed by atoms with E-state index in [1.54, 1.807) is 6.92 Å². The van der Waals surface area contributed by atoms with E-state index < -0.39 is 0 Å². The van der Waals surface area contributed by atoms with Crippen LogP contribution in [0.4, 0.5) is 0 Å². The highest BCUT2D eigenvalue weighted by atomic mass is 16.3. The van der Waals surface area contributed by atoms with E-state index in [0.717, 1.165) is 12.0 Å². The summed E-state index contributed by atoms with van der Waals surface area (Å²) in [7, 11) is 0. The number of rotatable bonds is 6. The second kappa shape index (κ2) is 7.29. The monoisotopic (exact) mass is 263 g/mol. The molecule has 2 N–H and O–H groups in total. The number of carbonyl (C=O) groups is 1. The Hall–Kier alpha value is -1.35. The molecule has 3 heteroatoms. The lowest BCUT2D eigenvalue weighted by Crippen LogP contribution is -2.37. The summed E-state index contributed by atoms with van der Waals surface area (Å²) in [6.45, 7) is 8.03. The number of amides is 1. The van der Waals surface area contributed by atoms with Gasteiger partial charge in [0.05, 0.1) is 12.5 Å². The summed E-state index contributed by atoms with van der Waals surface area (Å²) >= 11 is 0. The Morgan fingerprint density at radius 3 is 2.21 bits per heavy atom. The van der Waals surface area contributed by atoms with Gasteiger partial charge in [-0.15, -0.1) is 0 Å². The molecule has 0 aromatic heterocycles. The van der Waals surface area contributed by atoms with Crippen LogP contribution in [-0.4, -0.2) is 23.7 Å². The van der Waals surface area contributed by atoms with Gasteiger partial charge >= 0.3 is 0 Å². The van der Waals surface area contributed by atoms with Crippen molar-refractivity contribution >= 4 is 5.91 Å². The second-order valence-electron chi connectivity index (χ2n) is 5.65. The minimum atomic E-state index is -0.199. The maximum atomic E-state index is 12.0. The third-order valence-corrected chi connectivity index (χ3v) is 3.18. The summed E-state index contributed by atoms with van der Waals surface area (Å²) < 4.78 is 0. The van der Waals surface area contributed by atoms with Crippen molar-refractivity contribution in [3.8, 4) is 0 Å². The molecular weight excluding hydrogens is 238 g/mol.